The van der Waals surface area contributed by atoms with Gasteiger partial charge in [0.2, 0.25) is 0 Å². The van der Waals surface area contributed by atoms with Crippen LogP contribution in [0, 0.1) is 12.7 Å². The summed E-state index contributed by atoms with van der Waals surface area (Å²) in [5.74, 6) is 0.0501. The summed E-state index contributed by atoms with van der Waals surface area (Å²) in [6, 6.07) is 4.52. The number of nitrogens with two attached hydrogens (primary N) is 1. The Kier molecular flexibility index (Phi) is 4.09. The number of hydrogen-bond acceptors (Lipinski definition) is 3. The minimum absolute atomic E-state index is 0.270. The van der Waals surface area contributed by atoms with Crippen LogP contribution in [-0.4, -0.2) is 9.78 Å². The molecule has 0 aliphatic rings. The number of rotatable bonds is 4. The predicted octanol–water partition coefficient (Wildman–Crippen LogP) is 3.27. The molecule has 2 rings (SSSR count). The van der Waals surface area contributed by atoms with Gasteiger partial charge in [-0.15, -0.1) is 0 Å². The molecule has 0 amide bonds. The van der Waals surface area contributed by atoms with Crippen LogP contribution >= 0.6 is 15.9 Å². The first kappa shape index (κ1) is 13.9. The van der Waals surface area contributed by atoms with Crippen LogP contribution in [0.4, 0.5) is 10.1 Å². The highest BCUT2D eigenvalue weighted by molar-refractivity contribution is 9.10. The lowest BCUT2D eigenvalue weighted by molar-refractivity contribution is 0.292. The third-order valence-electron chi connectivity index (χ3n) is 2.69. The molecular weight excluding hydrogens is 313 g/mol. The van der Waals surface area contributed by atoms with Crippen LogP contribution in [0.2, 0.25) is 0 Å². The first-order valence-electron chi connectivity index (χ1n) is 5.92. The van der Waals surface area contributed by atoms with E-state index in [1.165, 1.54) is 12.1 Å². The van der Waals surface area contributed by atoms with Crippen molar-refractivity contribution in [3.63, 3.8) is 0 Å². The van der Waals surface area contributed by atoms with Gasteiger partial charge in [-0.1, -0.05) is 0 Å². The molecule has 0 spiro atoms. The molecule has 1 heterocycles. The zero-order valence-electron chi connectivity index (χ0n) is 10.8. The Morgan fingerprint density at radius 3 is 2.79 bits per heavy atom. The molecule has 1 aromatic heterocycles. The predicted molar refractivity (Wildman–Crippen MR) is 75.5 cm³/mol. The highest BCUT2D eigenvalue weighted by Gasteiger charge is 2.11. The molecule has 4 nitrogen and oxygen atoms in total. The van der Waals surface area contributed by atoms with Crippen molar-refractivity contribution in [3.05, 3.63) is 39.9 Å². The van der Waals surface area contributed by atoms with Gasteiger partial charge in [-0.25, -0.2) is 4.39 Å². The van der Waals surface area contributed by atoms with Crippen LogP contribution in [0.3, 0.4) is 0 Å². The molecule has 0 bridgehead atoms. The van der Waals surface area contributed by atoms with Crippen molar-refractivity contribution in [2.45, 2.75) is 27.0 Å². The fraction of sp³-hybridized carbons (Fsp3) is 0.308. The summed E-state index contributed by atoms with van der Waals surface area (Å²) in [7, 11) is 0. The first-order chi connectivity index (χ1) is 9.01. The molecule has 2 aromatic rings. The summed E-state index contributed by atoms with van der Waals surface area (Å²) in [6.45, 7) is 5.05. The zero-order chi connectivity index (χ0) is 14.0. The average molecular weight is 328 g/mol. The van der Waals surface area contributed by atoms with Crippen molar-refractivity contribution in [1.29, 1.82) is 0 Å². The van der Waals surface area contributed by atoms with Crippen LogP contribution in [0.15, 0.2) is 22.7 Å². The molecule has 19 heavy (non-hydrogen) atoms. The number of aryl methyl sites for hydroxylation is 2. The van der Waals surface area contributed by atoms with Crippen molar-refractivity contribution < 1.29 is 9.13 Å². The molecule has 0 saturated heterocycles. The quantitative estimate of drug-likeness (QED) is 0.877. The molecule has 1 aromatic carbocycles. The van der Waals surface area contributed by atoms with E-state index in [1.807, 2.05) is 24.6 Å². The van der Waals surface area contributed by atoms with Crippen LogP contribution in [0.1, 0.15) is 18.3 Å². The van der Waals surface area contributed by atoms with Gasteiger partial charge in [0.1, 0.15) is 12.4 Å². The van der Waals surface area contributed by atoms with E-state index >= 15 is 0 Å². The first-order valence-corrected chi connectivity index (χ1v) is 6.71. The molecule has 0 aliphatic heterocycles. The SMILES string of the molecule is CCn1nc(C)cc1COc1c(N)cc(F)cc1Br. The van der Waals surface area contributed by atoms with E-state index < -0.39 is 5.82 Å². The standard InChI is InChI=1S/C13H15BrFN3O/c1-3-18-10(4-8(2)17-18)7-19-13-11(14)5-9(15)6-12(13)16/h4-6H,3,7,16H2,1-2H3. The lowest BCUT2D eigenvalue weighted by atomic mass is 10.3. The van der Waals surface area contributed by atoms with Gasteiger partial charge in [0.15, 0.2) is 5.75 Å². The average Bonchev–Trinajstić information content (AvgIpc) is 2.68. The van der Waals surface area contributed by atoms with Crippen molar-refractivity contribution in [1.82, 2.24) is 9.78 Å². The second-order valence-corrected chi connectivity index (χ2v) is 5.04. The van der Waals surface area contributed by atoms with Gasteiger partial charge in [-0.2, -0.15) is 5.10 Å². The maximum atomic E-state index is 13.1. The molecule has 0 atom stereocenters. The van der Waals surface area contributed by atoms with E-state index in [4.69, 9.17) is 10.5 Å². The monoisotopic (exact) mass is 327 g/mol. The Balaban J connectivity index is 2.19. The lowest BCUT2D eigenvalue weighted by Gasteiger charge is -2.11. The summed E-state index contributed by atoms with van der Waals surface area (Å²) in [5.41, 5.74) is 7.91. The minimum Gasteiger partial charge on any atom is -0.484 e. The summed E-state index contributed by atoms with van der Waals surface area (Å²) in [5, 5.41) is 4.33. The van der Waals surface area contributed by atoms with E-state index in [1.54, 1.807) is 0 Å². The van der Waals surface area contributed by atoms with E-state index in [-0.39, 0.29) is 5.69 Å². The van der Waals surface area contributed by atoms with E-state index in [0.717, 1.165) is 17.9 Å². The molecule has 0 saturated carbocycles. The largest absolute Gasteiger partial charge is 0.484 e. The van der Waals surface area contributed by atoms with Crippen LogP contribution in [0.25, 0.3) is 0 Å². The van der Waals surface area contributed by atoms with Crippen LogP contribution in [-0.2, 0) is 13.2 Å². The highest BCUT2D eigenvalue weighted by Crippen LogP contribution is 2.33. The summed E-state index contributed by atoms with van der Waals surface area (Å²) in [6.07, 6.45) is 0. The number of ether oxygens (including phenoxy) is 1. The normalized spacial score (nSPS) is 10.7. The van der Waals surface area contributed by atoms with Gasteiger partial charge in [0, 0.05) is 12.6 Å². The molecule has 0 unspecified atom stereocenters. The fourth-order valence-corrected chi connectivity index (χ4v) is 2.43. The number of nitrogen functional groups attached to an aromatic ring is 1. The smallest absolute Gasteiger partial charge is 0.157 e. The minimum atomic E-state index is -0.397. The Bertz CT molecular complexity index is 575. The Labute approximate surface area is 119 Å². The molecule has 102 valence electrons. The van der Waals surface area contributed by atoms with Crippen LogP contribution < -0.4 is 10.5 Å². The third kappa shape index (κ3) is 3.07. The van der Waals surface area contributed by atoms with Gasteiger partial charge >= 0.3 is 0 Å². The maximum absolute atomic E-state index is 13.1. The maximum Gasteiger partial charge on any atom is 0.157 e. The molecule has 2 N–H and O–H groups in total. The Morgan fingerprint density at radius 2 is 2.16 bits per heavy atom. The molecule has 0 aliphatic carbocycles. The number of anilines is 1. The van der Waals surface area contributed by atoms with Gasteiger partial charge in [-0.3, -0.25) is 4.68 Å². The van der Waals surface area contributed by atoms with E-state index in [0.29, 0.717) is 16.8 Å². The number of halogens is 2. The molecule has 0 radical (unpaired) electrons. The summed E-state index contributed by atoms with van der Waals surface area (Å²) in [4.78, 5) is 0. The number of nitrogens with zero attached hydrogens (tertiary/aromatic N) is 2. The van der Waals surface area contributed by atoms with Crippen LogP contribution in [0.5, 0.6) is 5.75 Å². The van der Waals surface area contributed by atoms with E-state index in [9.17, 15) is 4.39 Å². The van der Waals surface area contributed by atoms with Crippen molar-refractivity contribution >= 4 is 21.6 Å². The Hall–Kier alpha value is -1.56. The van der Waals surface area contributed by atoms with Crippen molar-refractivity contribution in [2.24, 2.45) is 0 Å². The fourth-order valence-electron chi connectivity index (χ4n) is 1.87. The molecular formula is C13H15BrFN3O. The van der Waals surface area contributed by atoms with Gasteiger partial charge < -0.3 is 10.5 Å². The van der Waals surface area contributed by atoms with Gasteiger partial charge in [0.25, 0.3) is 0 Å². The Morgan fingerprint density at radius 1 is 1.42 bits per heavy atom. The summed E-state index contributed by atoms with van der Waals surface area (Å²) < 4.78 is 21.1. The van der Waals surface area contributed by atoms with Gasteiger partial charge in [0.05, 0.1) is 21.5 Å². The second kappa shape index (κ2) is 5.61. The van der Waals surface area contributed by atoms with Gasteiger partial charge in [-0.05, 0) is 41.9 Å². The van der Waals surface area contributed by atoms with E-state index in [2.05, 4.69) is 21.0 Å². The molecule has 0 fully saturated rings. The second-order valence-electron chi connectivity index (χ2n) is 4.19. The third-order valence-corrected chi connectivity index (χ3v) is 3.28. The van der Waals surface area contributed by atoms with Crippen molar-refractivity contribution in [3.8, 4) is 5.75 Å². The topological polar surface area (TPSA) is 53.1 Å². The highest BCUT2D eigenvalue weighted by atomic mass is 79.9. The number of aromatic nitrogens is 2. The zero-order valence-corrected chi connectivity index (χ0v) is 12.4. The van der Waals surface area contributed by atoms with Crippen molar-refractivity contribution in [2.75, 3.05) is 5.73 Å². The molecule has 6 heteroatoms. The summed E-state index contributed by atoms with van der Waals surface area (Å²) >= 11 is 3.24. The number of hydrogen-bond donors (Lipinski definition) is 1. The lowest BCUT2D eigenvalue weighted by Crippen LogP contribution is -2.07. The number of benzene rings is 1.